The third-order valence-corrected chi connectivity index (χ3v) is 22.4. The molecular weight excluding hydrogens is 988 g/mol. The van der Waals surface area contributed by atoms with Gasteiger partial charge in [-0.15, -0.1) is 11.3 Å². The summed E-state index contributed by atoms with van der Waals surface area (Å²) in [6, 6.07) is 43.5. The van der Waals surface area contributed by atoms with Crippen LogP contribution in [0.25, 0.3) is 54.3 Å². The Morgan fingerprint density at radius 1 is 0.500 bits per heavy atom. The Kier molecular flexibility index (Phi) is 10.8. The fourth-order valence-electron chi connectivity index (χ4n) is 15.5. The lowest BCUT2D eigenvalue weighted by molar-refractivity contribution is 0.331. The van der Waals surface area contributed by atoms with Crippen LogP contribution in [0, 0.1) is 0 Å². The van der Waals surface area contributed by atoms with E-state index in [-0.39, 0.29) is 43.3 Å². The van der Waals surface area contributed by atoms with Gasteiger partial charge in [-0.1, -0.05) is 160 Å². The highest BCUT2D eigenvalue weighted by atomic mass is 32.1. The molecule has 80 heavy (non-hydrogen) atoms. The van der Waals surface area contributed by atoms with Gasteiger partial charge in [0.25, 0.3) is 0 Å². The Morgan fingerprint density at radius 3 is 1.69 bits per heavy atom. The molecule has 1 N–H and O–H groups in total. The summed E-state index contributed by atoms with van der Waals surface area (Å²) in [5.41, 5.74) is 27.2. The van der Waals surface area contributed by atoms with Gasteiger partial charge in [0, 0.05) is 60.2 Å². The molecule has 0 saturated carbocycles. The molecule has 5 aliphatic rings. The Balaban J connectivity index is 1.10. The molecule has 5 heteroatoms. The zero-order valence-corrected chi connectivity index (χ0v) is 51.8. The number of fused-ring (bicyclic) bond motifs is 13. The van der Waals surface area contributed by atoms with E-state index in [9.17, 15) is 0 Å². The SMILES string of the molecule is CC(C)(C)c1ccc(Nc2cc3c(cc2-c2c4c(cc5c2oc2ccccc25)N(c2ccc5c(c2)C(C)(C)CCC5(C)C)c2c(sc5cc6c(cc25)C(C)(C)CCC6(C)C)[B]4)-c2cc4c(cc2C3(C)C)C(C)(C)CCC4(C)C)cc1. The molecule has 0 bridgehead atoms. The Hall–Kier alpha value is -6.04. The predicted molar refractivity (Wildman–Crippen MR) is 346 cm³/mol. The first-order valence-corrected chi connectivity index (χ1v) is 30.9. The van der Waals surface area contributed by atoms with E-state index in [1.54, 1.807) is 0 Å². The first-order valence-electron chi connectivity index (χ1n) is 30.1. The highest BCUT2D eigenvalue weighted by molar-refractivity contribution is 7.29. The smallest absolute Gasteiger partial charge is 0.212 e. The molecule has 14 rings (SSSR count). The van der Waals surface area contributed by atoms with Gasteiger partial charge in [-0.3, -0.25) is 0 Å². The largest absolute Gasteiger partial charge is 0.455 e. The second kappa shape index (κ2) is 16.6. The molecule has 0 fully saturated rings. The van der Waals surface area contributed by atoms with Gasteiger partial charge in [-0.2, -0.15) is 0 Å². The van der Waals surface area contributed by atoms with Gasteiger partial charge in [0.15, 0.2) is 0 Å². The van der Waals surface area contributed by atoms with E-state index in [1.165, 1.54) is 131 Å². The summed E-state index contributed by atoms with van der Waals surface area (Å²) in [5, 5.41) is 7.76. The van der Waals surface area contributed by atoms with Crippen LogP contribution in [0.1, 0.15) is 206 Å². The first-order chi connectivity index (χ1) is 37.5. The van der Waals surface area contributed by atoms with Crippen LogP contribution in [0.4, 0.5) is 28.4 Å². The molecule has 2 aromatic heterocycles. The van der Waals surface area contributed by atoms with Crippen LogP contribution < -0.4 is 20.5 Å². The summed E-state index contributed by atoms with van der Waals surface area (Å²) < 4.78 is 10.0. The third-order valence-electron chi connectivity index (χ3n) is 21.3. The highest BCUT2D eigenvalue weighted by Crippen LogP contribution is 2.59. The minimum absolute atomic E-state index is 0.0278. The minimum Gasteiger partial charge on any atom is -0.455 e. The molecule has 0 saturated heterocycles. The predicted octanol–water partition coefficient (Wildman–Crippen LogP) is 20.3. The molecule has 0 atom stereocenters. The van der Waals surface area contributed by atoms with Crippen molar-refractivity contribution < 1.29 is 4.42 Å². The molecule has 1 radical (unpaired) electrons. The van der Waals surface area contributed by atoms with E-state index in [4.69, 9.17) is 4.42 Å². The molecular formula is C75H82BN2OS. The van der Waals surface area contributed by atoms with E-state index in [0.29, 0.717) is 0 Å². The van der Waals surface area contributed by atoms with Crippen molar-refractivity contribution in [2.45, 2.75) is 200 Å². The van der Waals surface area contributed by atoms with Crippen molar-refractivity contribution in [1.82, 2.24) is 0 Å². The molecule has 7 aromatic carbocycles. The number of nitrogens with one attached hydrogen (secondary N) is 1. The van der Waals surface area contributed by atoms with Gasteiger partial charge < -0.3 is 14.6 Å². The number of anilines is 5. The lowest BCUT2D eigenvalue weighted by Crippen LogP contribution is -2.40. The van der Waals surface area contributed by atoms with Crippen molar-refractivity contribution in [3.05, 3.63) is 159 Å². The van der Waals surface area contributed by atoms with Crippen LogP contribution in [0.3, 0.4) is 0 Å². The second-order valence-electron chi connectivity index (χ2n) is 30.8. The van der Waals surface area contributed by atoms with Gasteiger partial charge >= 0.3 is 0 Å². The maximum absolute atomic E-state index is 7.38. The molecule has 3 nitrogen and oxygen atoms in total. The normalized spacial score (nSPS) is 20.0. The molecule has 9 aromatic rings. The van der Waals surface area contributed by atoms with Gasteiger partial charge in [0.1, 0.15) is 11.2 Å². The number of furan rings is 1. The Morgan fingerprint density at radius 2 is 1.05 bits per heavy atom. The monoisotopic (exact) mass is 1070 g/mol. The van der Waals surface area contributed by atoms with E-state index < -0.39 is 0 Å². The molecule has 0 unspecified atom stereocenters. The lowest BCUT2D eigenvalue weighted by Gasteiger charge is -2.43. The van der Waals surface area contributed by atoms with Crippen LogP contribution >= 0.6 is 11.3 Å². The number of para-hydroxylation sites is 1. The van der Waals surface area contributed by atoms with Crippen LogP contribution in [0.15, 0.2) is 114 Å². The van der Waals surface area contributed by atoms with E-state index >= 15 is 0 Å². The van der Waals surface area contributed by atoms with Gasteiger partial charge in [0.2, 0.25) is 7.28 Å². The molecule has 4 aliphatic carbocycles. The maximum Gasteiger partial charge on any atom is 0.212 e. The average Bonchev–Trinajstić information content (AvgIpc) is 4.23. The van der Waals surface area contributed by atoms with Gasteiger partial charge in [-0.25, -0.2) is 0 Å². The topological polar surface area (TPSA) is 28.4 Å². The minimum atomic E-state index is -0.237. The standard InChI is InChI=1S/C75H82BN2OS/c1-68(2,3)42-22-24-43(25-23-42)77-59-40-53-46(47-36-55-57(39-52(47)75(53,16)17)73(12,13)32-30-71(55,8)9)35-49(59)63-64-60(38-48-45-20-18-19-21-61(45)79-66(48)63)78(44-26-27-51-54(34-44)70(6,7)29-28-69(51,4)5)65-50-37-56-58(41-62(50)80-67(65)76-64)74(14,15)33-31-72(56,10)11/h18-27,34-41,77H,28-33H2,1-17H3. The number of hydrogen-bond donors (Lipinski definition) is 1. The number of thiophene rings is 1. The number of hydrogen-bond acceptors (Lipinski definition) is 4. The summed E-state index contributed by atoms with van der Waals surface area (Å²) in [6.07, 6.45) is 7.05. The van der Waals surface area contributed by atoms with E-state index in [2.05, 4.69) is 244 Å². The average molecular weight is 1070 g/mol. The number of benzene rings is 7. The van der Waals surface area contributed by atoms with E-state index in [1.807, 2.05) is 11.3 Å². The van der Waals surface area contributed by atoms with Gasteiger partial charge in [-0.05, 0) is 215 Å². The van der Waals surface area contributed by atoms with Crippen LogP contribution in [0.2, 0.25) is 0 Å². The summed E-state index contributed by atoms with van der Waals surface area (Å²) in [5.74, 6) is 0. The van der Waals surface area contributed by atoms with Crippen LogP contribution in [0.5, 0.6) is 0 Å². The second-order valence-corrected chi connectivity index (χ2v) is 31.9. The van der Waals surface area contributed by atoms with Crippen molar-refractivity contribution in [2.24, 2.45) is 0 Å². The Bertz CT molecular complexity index is 4140. The quantitative estimate of drug-likeness (QED) is 0.178. The Labute approximate surface area is 482 Å². The molecule has 407 valence electrons. The molecule has 0 amide bonds. The summed E-state index contributed by atoms with van der Waals surface area (Å²) in [4.78, 5) is 2.69. The lowest BCUT2D eigenvalue weighted by atomic mass is 9.61. The van der Waals surface area contributed by atoms with E-state index in [0.717, 1.165) is 50.9 Å². The van der Waals surface area contributed by atoms with Crippen molar-refractivity contribution >= 4 is 89.3 Å². The zero-order chi connectivity index (χ0) is 56.4. The molecule has 3 heterocycles. The van der Waals surface area contributed by atoms with Gasteiger partial charge in [0.05, 0.1) is 5.69 Å². The summed E-state index contributed by atoms with van der Waals surface area (Å²) in [7, 11) is 2.56. The maximum atomic E-state index is 7.38. The fourth-order valence-corrected chi connectivity index (χ4v) is 16.7. The molecule has 0 spiro atoms. The zero-order valence-electron chi connectivity index (χ0n) is 51.0. The van der Waals surface area contributed by atoms with Crippen molar-refractivity contribution in [3.63, 3.8) is 0 Å². The van der Waals surface area contributed by atoms with Crippen molar-refractivity contribution in [2.75, 3.05) is 10.2 Å². The number of nitrogens with zero attached hydrogens (tertiary/aromatic N) is 1. The highest BCUT2D eigenvalue weighted by Gasteiger charge is 2.45. The summed E-state index contributed by atoms with van der Waals surface area (Å²) in [6.45, 7) is 41.4. The summed E-state index contributed by atoms with van der Waals surface area (Å²) >= 11 is 1.97. The number of rotatable bonds is 4. The first kappa shape index (κ1) is 52.1. The van der Waals surface area contributed by atoms with Crippen molar-refractivity contribution in [1.29, 1.82) is 0 Å². The van der Waals surface area contributed by atoms with Crippen LogP contribution in [-0.2, 0) is 43.3 Å². The molecule has 1 aliphatic heterocycles. The third kappa shape index (κ3) is 7.56. The fraction of sp³-hybridized carbons (Fsp3) is 0.413. The van der Waals surface area contributed by atoms with Crippen molar-refractivity contribution in [3.8, 4) is 22.3 Å². The van der Waals surface area contributed by atoms with Crippen LogP contribution in [-0.4, -0.2) is 7.28 Å².